The molecule has 0 fully saturated rings. The van der Waals surface area contributed by atoms with Crippen molar-refractivity contribution in [3.8, 4) is 0 Å². The summed E-state index contributed by atoms with van der Waals surface area (Å²) in [4.78, 5) is 0.729. The van der Waals surface area contributed by atoms with Crippen molar-refractivity contribution in [2.24, 2.45) is 0 Å². The molecule has 0 aliphatic rings. The summed E-state index contributed by atoms with van der Waals surface area (Å²) in [5.74, 6) is 0.471. The quantitative estimate of drug-likeness (QED) is 0.821. The van der Waals surface area contributed by atoms with Gasteiger partial charge >= 0.3 is 0 Å². The molecule has 78 valence electrons. The molecule has 3 nitrogen and oxygen atoms in total. The van der Waals surface area contributed by atoms with Gasteiger partial charge in [0, 0.05) is 22.5 Å². The van der Waals surface area contributed by atoms with Gasteiger partial charge in [-0.3, -0.25) is 4.21 Å². The fourth-order valence-corrected chi connectivity index (χ4v) is 3.05. The van der Waals surface area contributed by atoms with Gasteiger partial charge in [0.25, 0.3) is 0 Å². The van der Waals surface area contributed by atoms with Crippen molar-refractivity contribution in [3.05, 3.63) is 22.7 Å². The van der Waals surface area contributed by atoms with Crippen LogP contribution < -0.4 is 5.73 Å². The molecule has 0 saturated heterocycles. The summed E-state index contributed by atoms with van der Waals surface area (Å²) in [5, 5.41) is 8.61. The molecular weight excluding hydrogens is 266 g/mol. The van der Waals surface area contributed by atoms with Gasteiger partial charge in [-0.2, -0.15) is 0 Å². The number of nitrogen functional groups attached to an aromatic ring is 1. The van der Waals surface area contributed by atoms with Crippen molar-refractivity contribution in [3.63, 3.8) is 0 Å². The van der Waals surface area contributed by atoms with Gasteiger partial charge in [-0.1, -0.05) is 0 Å². The van der Waals surface area contributed by atoms with Gasteiger partial charge < -0.3 is 10.8 Å². The minimum atomic E-state index is -1.07. The lowest BCUT2D eigenvalue weighted by atomic mass is 10.3. The Labute approximate surface area is 93.9 Å². The first-order chi connectivity index (χ1) is 6.65. The van der Waals surface area contributed by atoms with E-state index >= 15 is 0 Å². The van der Waals surface area contributed by atoms with E-state index in [4.69, 9.17) is 10.8 Å². The van der Waals surface area contributed by atoms with Crippen molar-refractivity contribution in [1.82, 2.24) is 0 Å². The summed E-state index contributed by atoms with van der Waals surface area (Å²) < 4.78 is 12.4. The first kappa shape index (κ1) is 11.7. The second-order valence-electron chi connectivity index (χ2n) is 2.82. The summed E-state index contributed by atoms with van der Waals surface area (Å²) in [6, 6.07) is 5.19. The third kappa shape index (κ3) is 3.08. The minimum absolute atomic E-state index is 0.0678. The van der Waals surface area contributed by atoms with Crippen LogP contribution in [0.15, 0.2) is 27.6 Å². The number of aliphatic hydroxyl groups is 1. The topological polar surface area (TPSA) is 63.3 Å². The van der Waals surface area contributed by atoms with E-state index in [1.807, 2.05) is 0 Å². The maximum absolute atomic E-state index is 11.7. The normalized spacial score (nSPS) is 12.7. The Bertz CT molecular complexity index is 344. The predicted molar refractivity (Wildman–Crippen MR) is 61.5 cm³/mol. The Hall–Kier alpha value is -0.390. The first-order valence-electron chi connectivity index (χ1n) is 4.19. The van der Waals surface area contributed by atoms with Gasteiger partial charge in [-0.05, 0) is 40.5 Å². The Balaban J connectivity index is 2.80. The highest BCUT2D eigenvalue weighted by Gasteiger charge is 2.07. The van der Waals surface area contributed by atoms with E-state index in [1.54, 1.807) is 18.2 Å². The molecule has 0 aromatic heterocycles. The van der Waals surface area contributed by atoms with Gasteiger partial charge in [-0.25, -0.2) is 0 Å². The van der Waals surface area contributed by atoms with E-state index in [1.165, 1.54) is 0 Å². The van der Waals surface area contributed by atoms with Crippen LogP contribution in [0.4, 0.5) is 5.69 Å². The SMILES string of the molecule is Nc1ccc(S(=O)CCCO)c(Br)c1. The monoisotopic (exact) mass is 277 g/mol. The van der Waals surface area contributed by atoms with E-state index in [2.05, 4.69) is 15.9 Å². The van der Waals surface area contributed by atoms with Crippen LogP contribution in [0.2, 0.25) is 0 Å². The van der Waals surface area contributed by atoms with Crippen molar-refractivity contribution >= 4 is 32.4 Å². The summed E-state index contributed by atoms with van der Waals surface area (Å²) in [6.07, 6.45) is 0.545. The highest BCUT2D eigenvalue weighted by molar-refractivity contribution is 9.10. The molecule has 0 saturated carbocycles. The zero-order chi connectivity index (χ0) is 10.6. The lowest BCUT2D eigenvalue weighted by molar-refractivity contribution is 0.296. The van der Waals surface area contributed by atoms with Crippen molar-refractivity contribution < 1.29 is 9.32 Å². The number of aliphatic hydroxyl groups excluding tert-OH is 1. The van der Waals surface area contributed by atoms with E-state index in [0.29, 0.717) is 17.9 Å². The molecule has 1 atom stereocenters. The maximum Gasteiger partial charge on any atom is 0.0541 e. The molecule has 0 radical (unpaired) electrons. The van der Waals surface area contributed by atoms with Crippen molar-refractivity contribution in [2.75, 3.05) is 18.1 Å². The lowest BCUT2D eigenvalue weighted by Gasteiger charge is -2.04. The predicted octanol–water partition coefficient (Wildman–Crippen LogP) is 1.52. The van der Waals surface area contributed by atoms with Gasteiger partial charge in [-0.15, -0.1) is 0 Å². The fourth-order valence-electron chi connectivity index (χ4n) is 1.01. The van der Waals surface area contributed by atoms with E-state index in [0.717, 1.165) is 9.37 Å². The maximum atomic E-state index is 11.7. The van der Waals surface area contributed by atoms with Gasteiger partial charge in [0.1, 0.15) is 0 Å². The van der Waals surface area contributed by atoms with Crippen LogP contribution in [0.1, 0.15) is 6.42 Å². The number of nitrogens with two attached hydrogens (primary N) is 1. The van der Waals surface area contributed by atoms with Crippen molar-refractivity contribution in [2.45, 2.75) is 11.3 Å². The van der Waals surface area contributed by atoms with E-state index < -0.39 is 10.8 Å². The second kappa shape index (κ2) is 5.48. The second-order valence-corrected chi connectivity index (χ2v) is 5.21. The van der Waals surface area contributed by atoms with Crippen LogP contribution in [0.5, 0.6) is 0 Å². The lowest BCUT2D eigenvalue weighted by Crippen LogP contribution is -2.01. The third-order valence-electron chi connectivity index (χ3n) is 1.69. The zero-order valence-corrected chi connectivity index (χ0v) is 9.97. The Kier molecular flexibility index (Phi) is 4.57. The third-order valence-corrected chi connectivity index (χ3v) is 4.11. The molecule has 1 aromatic rings. The molecule has 5 heteroatoms. The number of hydrogen-bond acceptors (Lipinski definition) is 3. The summed E-state index contributed by atoms with van der Waals surface area (Å²) >= 11 is 3.30. The van der Waals surface area contributed by atoms with Crippen LogP contribution in [0.3, 0.4) is 0 Å². The van der Waals surface area contributed by atoms with Crippen LogP contribution in [0.25, 0.3) is 0 Å². The molecule has 14 heavy (non-hydrogen) atoms. The molecule has 0 aliphatic heterocycles. The largest absolute Gasteiger partial charge is 0.399 e. The molecule has 0 heterocycles. The van der Waals surface area contributed by atoms with E-state index in [9.17, 15) is 4.21 Å². The molecular formula is C9H12BrNO2S. The molecule has 0 aliphatic carbocycles. The number of rotatable bonds is 4. The fraction of sp³-hybridized carbons (Fsp3) is 0.333. The number of hydrogen-bond donors (Lipinski definition) is 2. The Morgan fingerprint density at radius 1 is 1.50 bits per heavy atom. The van der Waals surface area contributed by atoms with Crippen LogP contribution >= 0.6 is 15.9 Å². The van der Waals surface area contributed by atoms with Crippen LogP contribution in [-0.4, -0.2) is 21.7 Å². The van der Waals surface area contributed by atoms with Gasteiger partial charge in [0.05, 0.1) is 15.7 Å². The first-order valence-corrected chi connectivity index (χ1v) is 6.30. The number of benzene rings is 1. The number of anilines is 1. The van der Waals surface area contributed by atoms with E-state index in [-0.39, 0.29) is 6.61 Å². The summed E-state index contributed by atoms with van der Waals surface area (Å²) in [6.45, 7) is 0.0678. The molecule has 1 unspecified atom stereocenters. The highest BCUT2D eigenvalue weighted by atomic mass is 79.9. The van der Waals surface area contributed by atoms with Crippen LogP contribution in [-0.2, 0) is 10.8 Å². The average molecular weight is 278 g/mol. The Morgan fingerprint density at radius 2 is 2.21 bits per heavy atom. The molecule has 1 aromatic carbocycles. The van der Waals surface area contributed by atoms with Crippen LogP contribution in [0, 0.1) is 0 Å². The summed E-state index contributed by atoms with van der Waals surface area (Å²) in [7, 11) is -1.07. The molecule has 0 amide bonds. The molecule has 1 rings (SSSR count). The minimum Gasteiger partial charge on any atom is -0.399 e. The number of halogens is 1. The van der Waals surface area contributed by atoms with Gasteiger partial charge in [0.2, 0.25) is 0 Å². The smallest absolute Gasteiger partial charge is 0.0541 e. The zero-order valence-electron chi connectivity index (χ0n) is 7.57. The summed E-state index contributed by atoms with van der Waals surface area (Å²) in [5.41, 5.74) is 6.20. The Morgan fingerprint density at radius 3 is 2.79 bits per heavy atom. The molecule has 0 spiro atoms. The average Bonchev–Trinajstić information content (AvgIpc) is 2.14. The molecule has 0 bridgehead atoms. The molecule has 3 N–H and O–H groups in total. The standard InChI is InChI=1S/C9H12BrNO2S/c10-8-6-7(11)2-3-9(8)14(13)5-1-4-12/h2-3,6,12H,1,4-5,11H2. The van der Waals surface area contributed by atoms with Gasteiger partial charge in [0.15, 0.2) is 0 Å². The van der Waals surface area contributed by atoms with Crippen molar-refractivity contribution in [1.29, 1.82) is 0 Å². The highest BCUT2D eigenvalue weighted by Crippen LogP contribution is 2.23.